The second-order valence-electron chi connectivity index (χ2n) is 7.49. The van der Waals surface area contributed by atoms with Gasteiger partial charge in [0.25, 0.3) is 0 Å². The highest BCUT2D eigenvalue weighted by Gasteiger charge is 2.65. The fourth-order valence-corrected chi connectivity index (χ4v) is 4.14. The molecule has 0 saturated carbocycles. The van der Waals surface area contributed by atoms with Gasteiger partial charge in [0.2, 0.25) is 6.10 Å². The predicted octanol–water partition coefficient (Wildman–Crippen LogP) is 4.54. The van der Waals surface area contributed by atoms with Crippen LogP contribution in [-0.4, -0.2) is 54.0 Å². The number of carbonyl (C=O) groups is 1. The van der Waals surface area contributed by atoms with Crippen molar-refractivity contribution >= 4 is 22.3 Å². The molecule has 3 rings (SSSR count). The second kappa shape index (κ2) is 8.45. The number of halogens is 8. The van der Waals surface area contributed by atoms with Crippen LogP contribution in [0.3, 0.4) is 0 Å². The van der Waals surface area contributed by atoms with E-state index in [0.717, 1.165) is 5.01 Å². The summed E-state index contributed by atoms with van der Waals surface area (Å²) in [7, 11) is -10.2. The van der Waals surface area contributed by atoms with Crippen molar-refractivity contribution in [2.24, 2.45) is 5.29 Å². The lowest BCUT2D eigenvalue weighted by Crippen LogP contribution is -2.46. The number of nitrogens with one attached hydrogen (secondary N) is 1. The number of hydrogen-bond acceptors (Lipinski definition) is 8. The number of hydrogen-bond donors (Lipinski definition) is 2. The Balaban J connectivity index is 1.81. The average Bonchev–Trinajstić information content (AvgIpc) is 3.12. The van der Waals surface area contributed by atoms with Crippen molar-refractivity contribution in [3.63, 3.8) is 0 Å². The van der Waals surface area contributed by atoms with Crippen LogP contribution in [0.25, 0.3) is 6.08 Å². The van der Waals surface area contributed by atoms with E-state index in [1.165, 1.54) is 0 Å². The van der Waals surface area contributed by atoms with Gasteiger partial charge in [-0.3, -0.25) is 0 Å². The lowest BCUT2D eigenvalue weighted by molar-refractivity contribution is -0.193. The Morgan fingerprint density at radius 3 is 2.49 bits per heavy atom. The van der Waals surface area contributed by atoms with E-state index in [0.29, 0.717) is 18.6 Å². The molecule has 2 aliphatic heterocycles. The molecule has 35 heavy (non-hydrogen) atoms. The number of hydrazine groups is 1. The van der Waals surface area contributed by atoms with Gasteiger partial charge in [0, 0.05) is 5.56 Å². The topological polar surface area (TPSA) is 110 Å². The van der Waals surface area contributed by atoms with Gasteiger partial charge in [-0.15, -0.1) is 4.91 Å². The number of nitrogens with zero attached hydrogens (tertiary/aromatic N) is 2. The van der Waals surface area contributed by atoms with Crippen LogP contribution < -0.4 is 10.3 Å². The van der Waals surface area contributed by atoms with Crippen molar-refractivity contribution in [3.05, 3.63) is 34.2 Å². The quantitative estimate of drug-likeness (QED) is 0.162. The molecule has 0 spiro atoms. The van der Waals surface area contributed by atoms with E-state index in [1.807, 2.05) is 5.53 Å². The minimum absolute atomic E-state index is 0.117. The zero-order valence-electron chi connectivity index (χ0n) is 17.2. The smallest absolute Gasteiger partial charge is 0.430 e. The summed E-state index contributed by atoms with van der Waals surface area (Å²) in [6.45, 7) is -1.38. The Kier molecular flexibility index (Phi) is 6.50. The molecule has 2 heterocycles. The molecule has 18 heteroatoms. The Bertz CT molecular complexity index is 1040. The van der Waals surface area contributed by atoms with Gasteiger partial charge in [-0.05, 0) is 37.1 Å². The zero-order chi connectivity index (χ0) is 26.3. The number of ether oxygens (including phenoxy) is 3. The number of fused-ring (bicyclic) bond motifs is 1. The number of esters is 1. The summed E-state index contributed by atoms with van der Waals surface area (Å²) < 4.78 is 120. The molecule has 2 N–H and O–H groups in total. The number of carbonyl (C=O) groups excluding carboxylic acids is 1. The fraction of sp³-hybridized carbons (Fsp3) is 0.471. The monoisotopic (exact) mass is 543 g/mol. The minimum Gasteiger partial charge on any atom is -0.475 e. The van der Waals surface area contributed by atoms with E-state index in [1.54, 1.807) is 0 Å². The summed E-state index contributed by atoms with van der Waals surface area (Å²) >= 11 is 0. The molecule has 0 aliphatic carbocycles. The summed E-state index contributed by atoms with van der Waals surface area (Å²) in [6.07, 6.45) is -8.33. The molecule has 1 aromatic rings. The van der Waals surface area contributed by atoms with E-state index < -0.39 is 75.9 Å². The lowest BCUT2D eigenvalue weighted by Gasteiger charge is -2.41. The molecule has 2 aliphatic rings. The molecule has 3 atom stereocenters. The summed E-state index contributed by atoms with van der Waals surface area (Å²) in [4.78, 5) is 20.4. The van der Waals surface area contributed by atoms with Crippen LogP contribution in [-0.2, 0) is 14.3 Å². The van der Waals surface area contributed by atoms with Crippen molar-refractivity contribution in [3.8, 4) is 5.75 Å². The van der Waals surface area contributed by atoms with Gasteiger partial charge in [0.1, 0.15) is 16.9 Å². The highest BCUT2D eigenvalue weighted by atomic mass is 32.5. The first kappa shape index (κ1) is 26.9. The average molecular weight is 543 g/mol. The number of alkyl halides is 3. The highest BCUT2D eigenvalue weighted by molar-refractivity contribution is 8.45. The van der Waals surface area contributed by atoms with Gasteiger partial charge in [-0.2, -0.15) is 18.2 Å². The van der Waals surface area contributed by atoms with Crippen LogP contribution in [0.1, 0.15) is 18.4 Å². The maximum Gasteiger partial charge on any atom is 0.430 e. The minimum atomic E-state index is -10.2. The first-order valence-electron chi connectivity index (χ1n) is 9.53. The van der Waals surface area contributed by atoms with Crippen LogP contribution in [0.15, 0.2) is 34.0 Å². The number of aliphatic hydroxyl groups excluding tert-OH is 1. The SMILES string of the molecule is O=NNN1C(OCOC(=O)C2=Cc3cc(S(F)(F)(F)(F)F)ccc3OC2C(F)(F)F)CC[C@H]1CO. The Hall–Kier alpha value is -2.70. The molecule has 0 radical (unpaired) electrons. The van der Waals surface area contributed by atoms with Crippen molar-refractivity contribution in [2.75, 3.05) is 13.4 Å². The van der Waals surface area contributed by atoms with E-state index in [2.05, 4.69) is 14.8 Å². The standard InChI is InChI=1S/C17H17F8N3O6S/c18-17(19,20)15-12(6-9-5-11(2-3-13(9)34-15)35(21,22,23,24)25)16(30)33-8-32-14-4-1-10(7-29)28(14)26-27-31/h2-3,5-6,10,14-15,29H,1,4,7-8H2,(H,26,31)/t10-,14?,15?/m0/s1. The lowest BCUT2D eigenvalue weighted by atomic mass is 10.0. The van der Waals surface area contributed by atoms with Crippen LogP contribution >= 0.6 is 10.2 Å². The third-order valence-electron chi connectivity index (χ3n) is 5.07. The van der Waals surface area contributed by atoms with Gasteiger partial charge >= 0.3 is 22.4 Å². The molecule has 0 bridgehead atoms. The van der Waals surface area contributed by atoms with E-state index in [-0.39, 0.29) is 18.6 Å². The second-order valence-corrected chi connectivity index (χ2v) is 9.90. The van der Waals surface area contributed by atoms with E-state index >= 15 is 0 Å². The molecular weight excluding hydrogens is 526 g/mol. The number of rotatable bonds is 8. The molecule has 198 valence electrons. The largest absolute Gasteiger partial charge is 0.475 e. The number of aliphatic hydroxyl groups is 1. The fourth-order valence-electron chi connectivity index (χ4n) is 3.46. The number of benzene rings is 1. The Morgan fingerprint density at radius 1 is 1.23 bits per heavy atom. The van der Waals surface area contributed by atoms with Crippen LogP contribution in [0.2, 0.25) is 0 Å². The van der Waals surface area contributed by atoms with Crippen molar-refractivity contribution in [1.29, 1.82) is 0 Å². The predicted molar refractivity (Wildman–Crippen MR) is 103 cm³/mol. The maximum atomic E-state index is 13.4. The van der Waals surface area contributed by atoms with Crippen molar-refractivity contribution in [1.82, 2.24) is 10.5 Å². The third kappa shape index (κ3) is 6.11. The van der Waals surface area contributed by atoms with Crippen molar-refractivity contribution < 1.29 is 56.7 Å². The Morgan fingerprint density at radius 2 is 1.91 bits per heavy atom. The molecule has 0 aromatic heterocycles. The normalized spacial score (nSPS) is 24.9. The van der Waals surface area contributed by atoms with Gasteiger partial charge < -0.3 is 19.3 Å². The summed E-state index contributed by atoms with van der Waals surface area (Å²) in [5.41, 5.74) is -0.152. The van der Waals surface area contributed by atoms with Crippen LogP contribution in [0, 0.1) is 4.91 Å². The van der Waals surface area contributed by atoms with Crippen LogP contribution in [0.4, 0.5) is 32.6 Å². The van der Waals surface area contributed by atoms with E-state index in [9.17, 15) is 47.4 Å². The summed E-state index contributed by atoms with van der Waals surface area (Å²) in [6, 6.07) is -0.550. The Labute approximate surface area is 191 Å². The first-order chi connectivity index (χ1) is 15.9. The van der Waals surface area contributed by atoms with Crippen molar-refractivity contribution in [2.45, 2.75) is 42.3 Å². The summed E-state index contributed by atoms with van der Waals surface area (Å²) in [5.74, 6) is -2.52. The van der Waals surface area contributed by atoms with E-state index in [4.69, 9.17) is 4.74 Å². The number of nitroso groups, excluding NO2 is 1. The molecule has 1 saturated heterocycles. The zero-order valence-corrected chi connectivity index (χ0v) is 18.0. The maximum absolute atomic E-state index is 13.4. The van der Waals surface area contributed by atoms with Gasteiger partial charge in [0.05, 0.1) is 23.5 Å². The molecule has 1 aromatic carbocycles. The molecular formula is C17H17F8N3O6S. The molecule has 9 nitrogen and oxygen atoms in total. The van der Waals surface area contributed by atoms with Gasteiger partial charge in [0.15, 0.2) is 6.79 Å². The van der Waals surface area contributed by atoms with Gasteiger partial charge in [-0.1, -0.05) is 19.4 Å². The molecule has 0 amide bonds. The highest BCUT2D eigenvalue weighted by Crippen LogP contribution is 3.02. The molecule has 1 fully saturated rings. The first-order valence-corrected chi connectivity index (χ1v) is 11.5. The third-order valence-corrected chi connectivity index (χ3v) is 6.21. The van der Waals surface area contributed by atoms with Gasteiger partial charge in [-0.25, -0.2) is 10.3 Å². The van der Waals surface area contributed by atoms with Crippen LogP contribution in [0.5, 0.6) is 5.75 Å². The summed E-state index contributed by atoms with van der Waals surface area (Å²) in [5, 5.41) is 12.7. The molecule has 2 unspecified atom stereocenters.